The van der Waals surface area contributed by atoms with Gasteiger partial charge in [-0.05, 0) is 37.1 Å². The van der Waals surface area contributed by atoms with Gasteiger partial charge in [0.2, 0.25) is 0 Å². The van der Waals surface area contributed by atoms with E-state index in [1.807, 2.05) is 0 Å². The van der Waals surface area contributed by atoms with E-state index in [1.54, 1.807) is 32.1 Å². The summed E-state index contributed by atoms with van der Waals surface area (Å²) < 4.78 is 5.08. The summed E-state index contributed by atoms with van der Waals surface area (Å²) in [6, 6.07) is 3.34. The van der Waals surface area contributed by atoms with E-state index in [-0.39, 0.29) is 18.1 Å². The van der Waals surface area contributed by atoms with Crippen LogP contribution in [-0.4, -0.2) is 24.1 Å². The lowest BCUT2D eigenvalue weighted by Crippen LogP contribution is -2.09. The number of benzene rings is 1. The number of aromatic hydroxyl groups is 1. The van der Waals surface area contributed by atoms with Crippen LogP contribution >= 0.6 is 0 Å². The molecular formula is C13H16O3. The molecule has 3 heteroatoms. The molecule has 1 rings (SSSR count). The molecule has 0 radical (unpaired) electrons. The average molecular weight is 220 g/mol. The molecule has 0 atom stereocenters. The van der Waals surface area contributed by atoms with Gasteiger partial charge in [-0.25, -0.2) is 0 Å². The van der Waals surface area contributed by atoms with E-state index in [9.17, 15) is 9.90 Å². The standard InChI is InChI=1S/C13H16O3/c1-4-5-16-8-12(14)11-6-9(2)13(15)10(3)7-11/h4,6-7,15H,1,5,8H2,2-3H3. The van der Waals surface area contributed by atoms with Crippen LogP contribution in [0, 0.1) is 13.8 Å². The minimum atomic E-state index is -0.0898. The Morgan fingerprint density at radius 3 is 2.50 bits per heavy atom. The second-order valence-corrected chi connectivity index (χ2v) is 3.69. The van der Waals surface area contributed by atoms with Gasteiger partial charge in [-0.1, -0.05) is 6.08 Å². The van der Waals surface area contributed by atoms with Crippen LogP contribution in [0.5, 0.6) is 5.75 Å². The van der Waals surface area contributed by atoms with Gasteiger partial charge in [0, 0.05) is 5.56 Å². The second-order valence-electron chi connectivity index (χ2n) is 3.69. The third-order valence-electron chi connectivity index (χ3n) is 2.28. The Hall–Kier alpha value is -1.61. The van der Waals surface area contributed by atoms with E-state index < -0.39 is 0 Å². The number of hydrogen-bond acceptors (Lipinski definition) is 3. The number of rotatable bonds is 5. The quantitative estimate of drug-likeness (QED) is 0.471. The van der Waals surface area contributed by atoms with Gasteiger partial charge in [0.05, 0.1) is 6.61 Å². The highest BCUT2D eigenvalue weighted by Crippen LogP contribution is 2.23. The monoisotopic (exact) mass is 220 g/mol. The fourth-order valence-electron chi connectivity index (χ4n) is 1.44. The number of carbonyl (C=O) groups excluding carboxylic acids is 1. The van der Waals surface area contributed by atoms with Crippen molar-refractivity contribution in [1.82, 2.24) is 0 Å². The van der Waals surface area contributed by atoms with Gasteiger partial charge in [-0.2, -0.15) is 0 Å². The Balaban J connectivity index is 2.80. The molecule has 3 nitrogen and oxygen atoms in total. The lowest BCUT2D eigenvalue weighted by atomic mass is 10.0. The van der Waals surface area contributed by atoms with Crippen LogP contribution in [0.15, 0.2) is 24.8 Å². The van der Waals surface area contributed by atoms with E-state index in [2.05, 4.69) is 6.58 Å². The Morgan fingerprint density at radius 1 is 1.44 bits per heavy atom. The molecule has 0 amide bonds. The van der Waals surface area contributed by atoms with Gasteiger partial charge in [-0.15, -0.1) is 6.58 Å². The summed E-state index contributed by atoms with van der Waals surface area (Å²) in [5.41, 5.74) is 1.97. The zero-order valence-electron chi connectivity index (χ0n) is 9.62. The predicted molar refractivity (Wildman–Crippen MR) is 62.9 cm³/mol. The van der Waals surface area contributed by atoms with Crippen molar-refractivity contribution in [3.63, 3.8) is 0 Å². The van der Waals surface area contributed by atoms with Crippen LogP contribution in [0.1, 0.15) is 21.5 Å². The highest BCUT2D eigenvalue weighted by Gasteiger charge is 2.09. The minimum absolute atomic E-state index is 0.0374. The first-order valence-electron chi connectivity index (χ1n) is 5.08. The van der Waals surface area contributed by atoms with Crippen molar-refractivity contribution in [3.05, 3.63) is 41.5 Å². The number of phenols is 1. The van der Waals surface area contributed by atoms with Gasteiger partial charge >= 0.3 is 0 Å². The molecule has 86 valence electrons. The first-order chi connectivity index (χ1) is 7.56. The molecule has 0 heterocycles. The molecule has 0 fully saturated rings. The van der Waals surface area contributed by atoms with Gasteiger partial charge < -0.3 is 9.84 Å². The number of hydrogen-bond donors (Lipinski definition) is 1. The summed E-state index contributed by atoms with van der Waals surface area (Å²) >= 11 is 0. The number of aryl methyl sites for hydroxylation is 2. The van der Waals surface area contributed by atoms with Crippen LogP contribution in [0.3, 0.4) is 0 Å². The van der Waals surface area contributed by atoms with Crippen LogP contribution in [0.2, 0.25) is 0 Å². The summed E-state index contributed by atoms with van der Waals surface area (Å²) in [4.78, 5) is 11.7. The highest BCUT2D eigenvalue weighted by molar-refractivity contribution is 5.97. The first kappa shape index (κ1) is 12.5. The minimum Gasteiger partial charge on any atom is -0.507 e. The number of ether oxygens (including phenoxy) is 1. The van der Waals surface area contributed by atoms with Crippen molar-refractivity contribution in [2.24, 2.45) is 0 Å². The molecule has 0 unspecified atom stereocenters. The zero-order valence-corrected chi connectivity index (χ0v) is 9.62. The Kier molecular flexibility index (Phi) is 4.26. The lowest BCUT2D eigenvalue weighted by Gasteiger charge is -2.07. The summed E-state index contributed by atoms with van der Waals surface area (Å²) in [5, 5.41) is 9.57. The highest BCUT2D eigenvalue weighted by atomic mass is 16.5. The van der Waals surface area contributed by atoms with E-state index in [0.717, 1.165) is 0 Å². The molecule has 0 aliphatic heterocycles. The number of carbonyl (C=O) groups is 1. The molecule has 0 spiro atoms. The fourth-order valence-corrected chi connectivity index (χ4v) is 1.44. The van der Waals surface area contributed by atoms with Crippen molar-refractivity contribution in [2.75, 3.05) is 13.2 Å². The van der Waals surface area contributed by atoms with E-state index in [0.29, 0.717) is 23.3 Å². The number of Topliss-reactive ketones (excluding diaryl/α,β-unsaturated/α-hetero) is 1. The summed E-state index contributed by atoms with van der Waals surface area (Å²) in [5.74, 6) is 0.150. The molecule has 1 aromatic rings. The van der Waals surface area contributed by atoms with Crippen molar-refractivity contribution >= 4 is 5.78 Å². The molecular weight excluding hydrogens is 204 g/mol. The zero-order chi connectivity index (χ0) is 12.1. The Morgan fingerprint density at radius 2 is 2.00 bits per heavy atom. The van der Waals surface area contributed by atoms with E-state index >= 15 is 0 Å². The molecule has 16 heavy (non-hydrogen) atoms. The molecule has 0 bridgehead atoms. The second kappa shape index (κ2) is 5.47. The molecule has 0 saturated carbocycles. The third-order valence-corrected chi connectivity index (χ3v) is 2.28. The smallest absolute Gasteiger partial charge is 0.188 e. The first-order valence-corrected chi connectivity index (χ1v) is 5.08. The molecule has 1 N–H and O–H groups in total. The summed E-state index contributed by atoms with van der Waals surface area (Å²) in [7, 11) is 0. The maximum absolute atomic E-state index is 11.7. The molecule has 0 aliphatic carbocycles. The fraction of sp³-hybridized carbons (Fsp3) is 0.308. The van der Waals surface area contributed by atoms with Crippen molar-refractivity contribution in [1.29, 1.82) is 0 Å². The topological polar surface area (TPSA) is 46.5 Å². The number of phenolic OH excluding ortho intramolecular Hbond substituents is 1. The van der Waals surface area contributed by atoms with Crippen LogP contribution in [-0.2, 0) is 4.74 Å². The van der Waals surface area contributed by atoms with Gasteiger partial charge in [0.15, 0.2) is 5.78 Å². The summed E-state index contributed by atoms with van der Waals surface area (Å²) in [6.45, 7) is 7.44. The summed E-state index contributed by atoms with van der Waals surface area (Å²) in [6.07, 6.45) is 1.60. The maximum Gasteiger partial charge on any atom is 0.188 e. The van der Waals surface area contributed by atoms with Crippen molar-refractivity contribution in [2.45, 2.75) is 13.8 Å². The Labute approximate surface area is 95.4 Å². The average Bonchev–Trinajstić information content (AvgIpc) is 2.25. The van der Waals surface area contributed by atoms with Crippen LogP contribution in [0.4, 0.5) is 0 Å². The van der Waals surface area contributed by atoms with Gasteiger partial charge in [-0.3, -0.25) is 4.79 Å². The molecule has 0 aromatic heterocycles. The SMILES string of the molecule is C=CCOCC(=O)c1cc(C)c(O)c(C)c1. The Bertz CT molecular complexity index is 385. The third kappa shape index (κ3) is 2.94. The van der Waals surface area contributed by atoms with Crippen molar-refractivity contribution < 1.29 is 14.6 Å². The molecule has 0 saturated heterocycles. The van der Waals surface area contributed by atoms with E-state index in [1.165, 1.54) is 0 Å². The van der Waals surface area contributed by atoms with Crippen LogP contribution < -0.4 is 0 Å². The largest absolute Gasteiger partial charge is 0.507 e. The number of ketones is 1. The van der Waals surface area contributed by atoms with Gasteiger partial charge in [0.1, 0.15) is 12.4 Å². The van der Waals surface area contributed by atoms with Crippen molar-refractivity contribution in [3.8, 4) is 5.75 Å². The lowest BCUT2D eigenvalue weighted by molar-refractivity contribution is 0.0806. The van der Waals surface area contributed by atoms with E-state index in [4.69, 9.17) is 4.74 Å². The predicted octanol–water partition coefficient (Wildman–Crippen LogP) is 2.39. The van der Waals surface area contributed by atoms with Crippen LogP contribution in [0.25, 0.3) is 0 Å². The van der Waals surface area contributed by atoms with Gasteiger partial charge in [0.25, 0.3) is 0 Å². The maximum atomic E-state index is 11.7. The molecule has 0 aliphatic rings. The normalized spacial score (nSPS) is 10.1. The molecule has 1 aromatic carbocycles.